The molecule has 0 aliphatic rings. The molecule has 1 aromatic rings. The van der Waals surface area contributed by atoms with Crippen LogP contribution in [0.25, 0.3) is 0 Å². The number of likely N-dealkylation sites (N-methyl/N-ethyl adjacent to an activating group) is 1. The number of nitrogen functional groups attached to an aromatic ring is 1. The van der Waals surface area contributed by atoms with Crippen LogP contribution in [0.1, 0.15) is 30.6 Å². The summed E-state index contributed by atoms with van der Waals surface area (Å²) in [6.45, 7) is 5.81. The number of nitrogens with zero attached hydrogens (tertiary/aromatic N) is 1. The van der Waals surface area contributed by atoms with E-state index in [1.807, 2.05) is 12.1 Å². The minimum Gasteiger partial charge on any atom is -0.398 e. The van der Waals surface area contributed by atoms with E-state index >= 15 is 0 Å². The lowest BCUT2D eigenvalue weighted by Crippen LogP contribution is -2.37. The second kappa shape index (κ2) is 10.8. The predicted octanol–water partition coefficient (Wildman–Crippen LogP) is 2.57. The summed E-state index contributed by atoms with van der Waals surface area (Å²) in [5, 5.41) is 2.89. The molecule has 1 atom stereocenters. The summed E-state index contributed by atoms with van der Waals surface area (Å²) in [4.78, 5) is 14.1. The van der Waals surface area contributed by atoms with Gasteiger partial charge in [0.05, 0.1) is 5.56 Å². The minimum absolute atomic E-state index is 0. The Morgan fingerprint density at radius 2 is 1.95 bits per heavy atom. The Labute approximate surface area is 133 Å². The van der Waals surface area contributed by atoms with E-state index in [0.717, 1.165) is 13.0 Å². The number of rotatable bonds is 6. The molecule has 0 aliphatic carbocycles. The van der Waals surface area contributed by atoms with Crippen molar-refractivity contribution >= 4 is 36.4 Å². The fourth-order valence-electron chi connectivity index (χ4n) is 1.68. The number of carbonyl (C=O) groups is 1. The quantitative estimate of drug-likeness (QED) is 0.792. The van der Waals surface area contributed by atoms with Crippen molar-refractivity contribution < 1.29 is 4.79 Å². The molecule has 0 saturated carbocycles. The number of para-hydroxylation sites is 1. The maximum atomic E-state index is 11.9. The lowest BCUT2D eigenvalue weighted by atomic mass is 10.1. The van der Waals surface area contributed by atoms with Crippen LogP contribution >= 0.6 is 24.8 Å². The Balaban J connectivity index is 0. The highest BCUT2D eigenvalue weighted by molar-refractivity contribution is 5.99. The van der Waals surface area contributed by atoms with Crippen LogP contribution in [0.4, 0.5) is 5.69 Å². The molecular formula is C14H25Cl2N3O. The predicted molar refractivity (Wildman–Crippen MR) is 90.1 cm³/mol. The Hall–Kier alpha value is -0.970. The topological polar surface area (TPSA) is 58.4 Å². The van der Waals surface area contributed by atoms with Crippen molar-refractivity contribution in [2.45, 2.75) is 26.3 Å². The van der Waals surface area contributed by atoms with Gasteiger partial charge in [0, 0.05) is 24.8 Å². The van der Waals surface area contributed by atoms with Crippen molar-refractivity contribution in [1.29, 1.82) is 0 Å². The van der Waals surface area contributed by atoms with Gasteiger partial charge < -0.3 is 16.0 Å². The number of benzene rings is 1. The summed E-state index contributed by atoms with van der Waals surface area (Å²) in [7, 11) is 2.07. The van der Waals surface area contributed by atoms with Crippen molar-refractivity contribution in [1.82, 2.24) is 10.2 Å². The number of anilines is 1. The van der Waals surface area contributed by atoms with Gasteiger partial charge >= 0.3 is 0 Å². The smallest absolute Gasteiger partial charge is 0.253 e. The molecular weight excluding hydrogens is 297 g/mol. The number of carbonyl (C=O) groups excluding carboxylic acids is 1. The molecule has 0 saturated heterocycles. The van der Waals surface area contributed by atoms with Gasteiger partial charge in [-0.3, -0.25) is 4.79 Å². The van der Waals surface area contributed by atoms with Gasteiger partial charge in [-0.05, 0) is 32.5 Å². The zero-order valence-electron chi connectivity index (χ0n) is 12.3. The van der Waals surface area contributed by atoms with Crippen LogP contribution in [-0.2, 0) is 0 Å². The second-order valence-corrected chi connectivity index (χ2v) is 4.58. The van der Waals surface area contributed by atoms with Crippen LogP contribution in [0.2, 0.25) is 0 Å². The molecule has 0 aromatic heterocycles. The SMILES string of the molecule is CCC(C)N(C)CCNC(=O)c1ccccc1N.Cl.Cl. The molecule has 0 radical (unpaired) electrons. The first-order valence-corrected chi connectivity index (χ1v) is 6.39. The fourth-order valence-corrected chi connectivity index (χ4v) is 1.68. The number of nitrogens with one attached hydrogen (secondary N) is 1. The molecule has 0 heterocycles. The van der Waals surface area contributed by atoms with E-state index < -0.39 is 0 Å². The van der Waals surface area contributed by atoms with Gasteiger partial charge in [-0.25, -0.2) is 0 Å². The highest BCUT2D eigenvalue weighted by atomic mass is 35.5. The van der Waals surface area contributed by atoms with Crippen molar-refractivity contribution in [2.75, 3.05) is 25.9 Å². The molecule has 116 valence electrons. The summed E-state index contributed by atoms with van der Waals surface area (Å²) < 4.78 is 0. The fraction of sp³-hybridized carbons (Fsp3) is 0.500. The molecule has 1 aromatic carbocycles. The average molecular weight is 322 g/mol. The lowest BCUT2D eigenvalue weighted by Gasteiger charge is -2.23. The number of hydrogen-bond donors (Lipinski definition) is 2. The molecule has 4 nitrogen and oxygen atoms in total. The molecule has 1 amide bonds. The zero-order chi connectivity index (χ0) is 13.5. The van der Waals surface area contributed by atoms with Gasteiger partial charge in [0.2, 0.25) is 0 Å². The molecule has 0 fully saturated rings. The molecule has 1 unspecified atom stereocenters. The summed E-state index contributed by atoms with van der Waals surface area (Å²) in [6.07, 6.45) is 1.11. The third-order valence-corrected chi connectivity index (χ3v) is 3.30. The second-order valence-electron chi connectivity index (χ2n) is 4.58. The molecule has 0 spiro atoms. The molecule has 0 aliphatic heterocycles. The van der Waals surface area contributed by atoms with Crippen LogP contribution in [0, 0.1) is 0 Å². The van der Waals surface area contributed by atoms with Gasteiger partial charge in [0.25, 0.3) is 5.91 Å². The summed E-state index contributed by atoms with van der Waals surface area (Å²) in [5.41, 5.74) is 6.82. The zero-order valence-corrected chi connectivity index (χ0v) is 13.9. The Morgan fingerprint density at radius 1 is 1.35 bits per heavy atom. The Morgan fingerprint density at radius 3 is 2.50 bits per heavy atom. The van der Waals surface area contributed by atoms with E-state index in [2.05, 4.69) is 31.1 Å². The van der Waals surface area contributed by atoms with E-state index in [0.29, 0.717) is 23.8 Å². The number of halogens is 2. The normalized spacial score (nSPS) is 11.2. The van der Waals surface area contributed by atoms with Crippen molar-refractivity contribution in [3.05, 3.63) is 29.8 Å². The van der Waals surface area contributed by atoms with E-state index in [-0.39, 0.29) is 30.7 Å². The summed E-state index contributed by atoms with van der Waals surface area (Å²) in [6, 6.07) is 7.64. The lowest BCUT2D eigenvalue weighted by molar-refractivity contribution is 0.0948. The summed E-state index contributed by atoms with van der Waals surface area (Å²) >= 11 is 0. The van der Waals surface area contributed by atoms with E-state index in [4.69, 9.17) is 5.73 Å². The maximum Gasteiger partial charge on any atom is 0.253 e. The number of amides is 1. The third kappa shape index (κ3) is 6.46. The highest BCUT2D eigenvalue weighted by Crippen LogP contribution is 2.09. The van der Waals surface area contributed by atoms with Gasteiger partial charge in [-0.15, -0.1) is 24.8 Å². The van der Waals surface area contributed by atoms with Crippen LogP contribution in [0.3, 0.4) is 0 Å². The van der Waals surface area contributed by atoms with Gasteiger partial charge in [-0.1, -0.05) is 19.1 Å². The van der Waals surface area contributed by atoms with Crippen LogP contribution < -0.4 is 11.1 Å². The van der Waals surface area contributed by atoms with Crippen LogP contribution in [0.15, 0.2) is 24.3 Å². The Kier molecular flexibility index (Phi) is 11.5. The van der Waals surface area contributed by atoms with Gasteiger partial charge in [0.15, 0.2) is 0 Å². The van der Waals surface area contributed by atoms with E-state index in [9.17, 15) is 4.79 Å². The third-order valence-electron chi connectivity index (χ3n) is 3.30. The largest absolute Gasteiger partial charge is 0.398 e. The molecule has 20 heavy (non-hydrogen) atoms. The average Bonchev–Trinajstić information content (AvgIpc) is 2.37. The molecule has 3 N–H and O–H groups in total. The van der Waals surface area contributed by atoms with Gasteiger partial charge in [0.1, 0.15) is 0 Å². The first-order chi connectivity index (χ1) is 8.56. The highest BCUT2D eigenvalue weighted by Gasteiger charge is 2.10. The first-order valence-electron chi connectivity index (χ1n) is 6.39. The number of nitrogens with two attached hydrogens (primary N) is 1. The molecule has 1 rings (SSSR count). The van der Waals surface area contributed by atoms with Crippen molar-refractivity contribution in [2.24, 2.45) is 0 Å². The monoisotopic (exact) mass is 321 g/mol. The summed E-state index contributed by atoms with van der Waals surface area (Å²) in [5.74, 6) is -0.106. The molecule has 0 bridgehead atoms. The first kappa shape index (κ1) is 21.3. The minimum atomic E-state index is -0.106. The maximum absolute atomic E-state index is 11.9. The number of hydrogen-bond acceptors (Lipinski definition) is 3. The Bertz CT molecular complexity index is 402. The molecule has 6 heteroatoms. The van der Waals surface area contributed by atoms with E-state index in [1.165, 1.54) is 0 Å². The standard InChI is InChI=1S/C14H23N3O.2ClH/c1-4-11(2)17(3)10-9-16-14(18)12-7-5-6-8-13(12)15;;/h5-8,11H,4,9-10,15H2,1-3H3,(H,16,18);2*1H. The van der Waals surface area contributed by atoms with Crippen molar-refractivity contribution in [3.63, 3.8) is 0 Å². The van der Waals surface area contributed by atoms with Crippen LogP contribution in [-0.4, -0.2) is 37.0 Å². The van der Waals surface area contributed by atoms with Crippen molar-refractivity contribution in [3.8, 4) is 0 Å². The van der Waals surface area contributed by atoms with Gasteiger partial charge in [-0.2, -0.15) is 0 Å². The van der Waals surface area contributed by atoms with Crippen LogP contribution in [0.5, 0.6) is 0 Å². The van der Waals surface area contributed by atoms with E-state index in [1.54, 1.807) is 12.1 Å².